The summed E-state index contributed by atoms with van der Waals surface area (Å²) in [4.78, 5) is 12.4. The molecular formula is C14H17F2NO2. The van der Waals surface area contributed by atoms with Gasteiger partial charge in [0.25, 0.3) is 0 Å². The van der Waals surface area contributed by atoms with Crippen LogP contribution >= 0.6 is 0 Å². The van der Waals surface area contributed by atoms with E-state index in [-0.39, 0.29) is 23.9 Å². The van der Waals surface area contributed by atoms with Gasteiger partial charge < -0.3 is 10.0 Å². The second-order valence-electron chi connectivity index (χ2n) is 5.27. The summed E-state index contributed by atoms with van der Waals surface area (Å²) < 4.78 is 27.3. The van der Waals surface area contributed by atoms with E-state index in [1.165, 1.54) is 4.90 Å². The lowest BCUT2D eigenvalue weighted by Gasteiger charge is -2.19. The van der Waals surface area contributed by atoms with Crippen LogP contribution < -0.4 is 4.90 Å². The zero-order valence-corrected chi connectivity index (χ0v) is 11.0. The zero-order valence-electron chi connectivity index (χ0n) is 11.0. The van der Waals surface area contributed by atoms with Gasteiger partial charge in [-0.1, -0.05) is 0 Å². The van der Waals surface area contributed by atoms with Gasteiger partial charge in [0.1, 0.15) is 0 Å². The Bertz CT molecular complexity index is 498. The topological polar surface area (TPSA) is 40.5 Å². The number of anilines is 1. The van der Waals surface area contributed by atoms with Crippen LogP contribution in [-0.4, -0.2) is 25.2 Å². The Hall–Kier alpha value is -1.65. The minimum Gasteiger partial charge on any atom is -0.481 e. The van der Waals surface area contributed by atoms with Gasteiger partial charge in [-0.3, -0.25) is 4.79 Å². The summed E-state index contributed by atoms with van der Waals surface area (Å²) in [7, 11) is 3.26. The average Bonchev–Trinajstić information content (AvgIpc) is 3.13. The number of carbonyl (C=O) groups is 1. The van der Waals surface area contributed by atoms with Crippen molar-refractivity contribution in [1.82, 2.24) is 0 Å². The molecule has 19 heavy (non-hydrogen) atoms. The molecule has 2 rings (SSSR count). The monoisotopic (exact) mass is 269 g/mol. The van der Waals surface area contributed by atoms with Crippen LogP contribution in [0.25, 0.3) is 0 Å². The third-order valence-corrected chi connectivity index (χ3v) is 3.53. The molecular weight excluding hydrogens is 252 g/mol. The molecule has 5 heteroatoms. The Morgan fingerprint density at radius 3 is 2.53 bits per heavy atom. The van der Waals surface area contributed by atoms with Crippen molar-refractivity contribution in [3.8, 4) is 0 Å². The molecule has 1 aromatic rings. The van der Waals surface area contributed by atoms with Gasteiger partial charge in [0, 0.05) is 14.1 Å². The lowest BCUT2D eigenvalue weighted by atomic mass is 9.90. The summed E-state index contributed by atoms with van der Waals surface area (Å²) >= 11 is 0. The summed E-state index contributed by atoms with van der Waals surface area (Å²) in [5, 5.41) is 8.95. The van der Waals surface area contributed by atoms with Crippen LogP contribution in [0.15, 0.2) is 12.1 Å². The van der Waals surface area contributed by atoms with Crippen molar-refractivity contribution < 1.29 is 18.7 Å². The van der Waals surface area contributed by atoms with Crippen LogP contribution in [-0.2, 0) is 4.79 Å². The van der Waals surface area contributed by atoms with E-state index < -0.39 is 17.6 Å². The van der Waals surface area contributed by atoms with E-state index in [1.54, 1.807) is 20.2 Å². The van der Waals surface area contributed by atoms with Crippen LogP contribution in [0.3, 0.4) is 0 Å². The molecule has 1 N–H and O–H groups in total. The van der Waals surface area contributed by atoms with E-state index in [1.807, 2.05) is 0 Å². The molecule has 0 saturated heterocycles. The first-order valence-electron chi connectivity index (χ1n) is 6.28. The summed E-state index contributed by atoms with van der Waals surface area (Å²) in [5.74, 6) is -2.67. The molecule has 1 aliphatic rings. The maximum absolute atomic E-state index is 13.6. The van der Waals surface area contributed by atoms with E-state index in [0.29, 0.717) is 5.56 Å². The summed E-state index contributed by atoms with van der Waals surface area (Å²) in [6, 6.07) is 2.69. The highest BCUT2D eigenvalue weighted by atomic mass is 19.2. The molecule has 0 aromatic heterocycles. The predicted octanol–water partition coefficient (Wildman–Crippen LogP) is 3.00. The number of carboxylic acid groups (broad SMARTS) is 1. The normalized spacial score (nSPS) is 16.2. The van der Waals surface area contributed by atoms with E-state index in [2.05, 4.69) is 0 Å². The van der Waals surface area contributed by atoms with Crippen molar-refractivity contribution in [3.63, 3.8) is 0 Å². The number of rotatable bonds is 5. The largest absolute Gasteiger partial charge is 0.481 e. The molecule has 104 valence electrons. The maximum Gasteiger partial charge on any atom is 0.303 e. The highest BCUT2D eigenvalue weighted by Gasteiger charge is 2.34. The number of hydrogen-bond acceptors (Lipinski definition) is 2. The Morgan fingerprint density at radius 2 is 2.05 bits per heavy atom. The number of nitrogens with zero attached hydrogens (tertiary/aromatic N) is 1. The maximum atomic E-state index is 13.6. The van der Waals surface area contributed by atoms with E-state index in [9.17, 15) is 13.6 Å². The molecule has 1 saturated carbocycles. The van der Waals surface area contributed by atoms with Crippen molar-refractivity contribution in [2.45, 2.75) is 25.2 Å². The molecule has 0 bridgehead atoms. The van der Waals surface area contributed by atoms with Crippen molar-refractivity contribution in [1.29, 1.82) is 0 Å². The van der Waals surface area contributed by atoms with Crippen LogP contribution in [0.2, 0.25) is 0 Å². The number of halogens is 2. The molecule has 0 spiro atoms. The standard InChI is InChI=1S/C14H17F2NO2/c1-17(2)12-6-9(5-11(15)14(12)16)10(7-13(18)19)8-3-4-8/h5-6,8,10H,3-4,7H2,1-2H3,(H,18,19). The Kier molecular flexibility index (Phi) is 3.73. The van der Waals surface area contributed by atoms with E-state index in [4.69, 9.17) is 5.11 Å². The van der Waals surface area contributed by atoms with Crippen molar-refractivity contribution in [2.75, 3.05) is 19.0 Å². The molecule has 1 aromatic carbocycles. The van der Waals surface area contributed by atoms with Gasteiger partial charge in [0.15, 0.2) is 11.6 Å². The lowest BCUT2D eigenvalue weighted by molar-refractivity contribution is -0.137. The highest BCUT2D eigenvalue weighted by Crippen LogP contribution is 2.45. The molecule has 1 fully saturated rings. The number of benzene rings is 1. The average molecular weight is 269 g/mol. The number of carboxylic acids is 1. The third-order valence-electron chi connectivity index (χ3n) is 3.53. The zero-order chi connectivity index (χ0) is 14.2. The van der Waals surface area contributed by atoms with Crippen molar-refractivity contribution in [3.05, 3.63) is 29.3 Å². The molecule has 1 unspecified atom stereocenters. The molecule has 0 amide bonds. The summed E-state index contributed by atoms with van der Waals surface area (Å²) in [5.41, 5.74) is 0.735. The minimum absolute atomic E-state index is 0.0391. The Morgan fingerprint density at radius 1 is 1.42 bits per heavy atom. The van der Waals surface area contributed by atoms with Gasteiger partial charge in [-0.15, -0.1) is 0 Å². The van der Waals surface area contributed by atoms with E-state index in [0.717, 1.165) is 18.9 Å². The lowest BCUT2D eigenvalue weighted by Crippen LogP contribution is -2.14. The molecule has 1 aliphatic carbocycles. The molecule has 0 heterocycles. The smallest absolute Gasteiger partial charge is 0.303 e. The minimum atomic E-state index is -0.919. The Balaban J connectivity index is 2.39. The molecule has 1 atom stereocenters. The summed E-state index contributed by atoms with van der Waals surface area (Å²) in [6.45, 7) is 0. The third kappa shape index (κ3) is 3.03. The quantitative estimate of drug-likeness (QED) is 0.893. The highest BCUT2D eigenvalue weighted by molar-refractivity contribution is 5.68. The van der Waals surface area contributed by atoms with Crippen LogP contribution in [0.1, 0.15) is 30.7 Å². The predicted molar refractivity (Wildman–Crippen MR) is 68.4 cm³/mol. The second kappa shape index (κ2) is 5.15. The van der Waals surface area contributed by atoms with E-state index >= 15 is 0 Å². The van der Waals surface area contributed by atoms with Gasteiger partial charge in [-0.2, -0.15) is 0 Å². The molecule has 0 aliphatic heterocycles. The van der Waals surface area contributed by atoms with Crippen LogP contribution in [0.4, 0.5) is 14.5 Å². The first-order chi connectivity index (χ1) is 8.90. The van der Waals surface area contributed by atoms with Gasteiger partial charge in [0.2, 0.25) is 0 Å². The van der Waals surface area contributed by atoms with Gasteiger partial charge >= 0.3 is 5.97 Å². The second-order valence-corrected chi connectivity index (χ2v) is 5.27. The molecule has 3 nitrogen and oxygen atoms in total. The Labute approximate surface area is 110 Å². The summed E-state index contributed by atoms with van der Waals surface area (Å²) in [6.07, 6.45) is 1.87. The fraction of sp³-hybridized carbons (Fsp3) is 0.500. The van der Waals surface area contributed by atoms with Gasteiger partial charge in [-0.05, 0) is 42.4 Å². The first kappa shape index (κ1) is 13.8. The molecule has 0 radical (unpaired) electrons. The van der Waals surface area contributed by atoms with Gasteiger partial charge in [-0.25, -0.2) is 8.78 Å². The number of aliphatic carboxylic acids is 1. The SMILES string of the molecule is CN(C)c1cc(C(CC(=O)O)C2CC2)cc(F)c1F. The van der Waals surface area contributed by atoms with Crippen molar-refractivity contribution >= 4 is 11.7 Å². The van der Waals surface area contributed by atoms with Crippen LogP contribution in [0.5, 0.6) is 0 Å². The van der Waals surface area contributed by atoms with Gasteiger partial charge in [0.05, 0.1) is 12.1 Å². The number of hydrogen-bond donors (Lipinski definition) is 1. The first-order valence-corrected chi connectivity index (χ1v) is 6.28. The van der Waals surface area contributed by atoms with Crippen LogP contribution in [0, 0.1) is 17.6 Å². The fourth-order valence-corrected chi connectivity index (χ4v) is 2.38. The van der Waals surface area contributed by atoms with Crippen molar-refractivity contribution in [2.24, 2.45) is 5.92 Å². The fourth-order valence-electron chi connectivity index (χ4n) is 2.38.